The van der Waals surface area contributed by atoms with E-state index in [1.165, 1.54) is 0 Å². The lowest BCUT2D eigenvalue weighted by Gasteiger charge is -2.08. The Labute approximate surface area is 151 Å². The van der Waals surface area contributed by atoms with E-state index >= 15 is 0 Å². The molecule has 0 aliphatic rings. The highest BCUT2D eigenvalue weighted by Gasteiger charge is 2.11. The van der Waals surface area contributed by atoms with Crippen molar-refractivity contribution in [1.82, 2.24) is 14.0 Å². The summed E-state index contributed by atoms with van der Waals surface area (Å²) < 4.78 is 8.67. The Morgan fingerprint density at radius 3 is 2.50 bits per heavy atom. The Hall–Kier alpha value is -3.34. The molecule has 2 heterocycles. The number of fused-ring (bicyclic) bond motifs is 1. The molecule has 0 atom stereocenters. The Bertz CT molecular complexity index is 1150. The van der Waals surface area contributed by atoms with Crippen molar-refractivity contribution in [2.75, 3.05) is 7.11 Å². The number of methoxy groups -OCH3 is 1. The van der Waals surface area contributed by atoms with Crippen molar-refractivity contribution in [3.8, 4) is 22.7 Å². The van der Waals surface area contributed by atoms with Gasteiger partial charge in [0.15, 0.2) is 0 Å². The van der Waals surface area contributed by atoms with Gasteiger partial charge in [-0.2, -0.15) is 0 Å². The van der Waals surface area contributed by atoms with E-state index in [-0.39, 0.29) is 5.56 Å². The summed E-state index contributed by atoms with van der Waals surface area (Å²) in [7, 11) is 1.63. The molecule has 130 valence electrons. The van der Waals surface area contributed by atoms with Gasteiger partial charge in [0, 0.05) is 29.8 Å². The van der Waals surface area contributed by atoms with Crippen LogP contribution in [0, 0.1) is 13.8 Å². The summed E-state index contributed by atoms with van der Waals surface area (Å²) in [6.45, 7) is 4.05. The molecule has 0 unspecified atom stereocenters. The average molecular weight is 345 g/mol. The normalized spacial score (nSPS) is 11.0. The van der Waals surface area contributed by atoms with Gasteiger partial charge >= 0.3 is 0 Å². The van der Waals surface area contributed by atoms with Gasteiger partial charge < -0.3 is 9.14 Å². The molecule has 4 rings (SSSR count). The van der Waals surface area contributed by atoms with Crippen LogP contribution in [0.5, 0.6) is 5.75 Å². The maximum Gasteiger partial charge on any atom is 0.298 e. The molecule has 0 amide bonds. The van der Waals surface area contributed by atoms with Crippen LogP contribution in [0.3, 0.4) is 0 Å². The van der Waals surface area contributed by atoms with E-state index in [2.05, 4.69) is 11.1 Å². The first kappa shape index (κ1) is 16.1. The smallest absolute Gasteiger partial charge is 0.298 e. The molecule has 2 aromatic heterocycles. The van der Waals surface area contributed by atoms with Crippen molar-refractivity contribution < 1.29 is 4.74 Å². The lowest BCUT2D eigenvalue weighted by Crippen LogP contribution is -2.20. The third-order valence-corrected chi connectivity index (χ3v) is 4.37. The van der Waals surface area contributed by atoms with Crippen LogP contribution in [-0.2, 0) is 0 Å². The highest BCUT2D eigenvalue weighted by atomic mass is 16.5. The van der Waals surface area contributed by atoms with E-state index < -0.39 is 0 Å². The van der Waals surface area contributed by atoms with Crippen molar-refractivity contribution in [1.29, 1.82) is 0 Å². The van der Waals surface area contributed by atoms with Crippen molar-refractivity contribution >= 4 is 5.65 Å². The molecule has 4 aromatic rings. The molecular weight excluding hydrogens is 326 g/mol. The molecule has 0 N–H and O–H groups in total. The molecule has 5 heteroatoms. The van der Waals surface area contributed by atoms with Crippen LogP contribution in [-0.4, -0.2) is 21.1 Å². The number of benzene rings is 2. The molecule has 0 radical (unpaired) electrons. The van der Waals surface area contributed by atoms with Gasteiger partial charge in [0.2, 0.25) is 5.65 Å². The van der Waals surface area contributed by atoms with Gasteiger partial charge in [0.1, 0.15) is 5.75 Å². The fourth-order valence-corrected chi connectivity index (χ4v) is 3.19. The summed E-state index contributed by atoms with van der Waals surface area (Å²) in [5.74, 6) is 0.757. The van der Waals surface area contributed by atoms with E-state index in [1.807, 2.05) is 62.6 Å². The highest BCUT2D eigenvalue weighted by Crippen LogP contribution is 2.23. The molecule has 0 saturated carbocycles. The van der Waals surface area contributed by atoms with Crippen LogP contribution in [0.4, 0.5) is 0 Å². The summed E-state index contributed by atoms with van der Waals surface area (Å²) >= 11 is 0. The molecule has 0 bridgehead atoms. The lowest BCUT2D eigenvalue weighted by molar-refractivity contribution is 0.415. The Balaban J connectivity index is 1.87. The van der Waals surface area contributed by atoms with Gasteiger partial charge in [-0.1, -0.05) is 18.2 Å². The molecule has 0 aliphatic carbocycles. The van der Waals surface area contributed by atoms with E-state index in [0.717, 1.165) is 33.8 Å². The lowest BCUT2D eigenvalue weighted by atomic mass is 10.1. The predicted molar refractivity (Wildman–Crippen MR) is 102 cm³/mol. The Kier molecular flexibility index (Phi) is 3.84. The molecule has 2 aromatic carbocycles. The van der Waals surface area contributed by atoms with Gasteiger partial charge in [0.25, 0.3) is 5.56 Å². The van der Waals surface area contributed by atoms with Gasteiger partial charge in [-0.15, -0.1) is 0 Å². The van der Waals surface area contributed by atoms with Crippen LogP contribution in [0.15, 0.2) is 65.8 Å². The highest BCUT2D eigenvalue weighted by molar-refractivity contribution is 5.64. The van der Waals surface area contributed by atoms with Crippen molar-refractivity contribution in [3.05, 3.63) is 82.5 Å². The topological polar surface area (TPSA) is 48.5 Å². The fraction of sp³-hybridized carbons (Fsp3) is 0.143. The first-order chi connectivity index (χ1) is 12.5. The number of imidazole rings is 1. The molecule has 0 fully saturated rings. The monoisotopic (exact) mass is 345 g/mol. The van der Waals surface area contributed by atoms with E-state index in [9.17, 15) is 4.79 Å². The minimum absolute atomic E-state index is 0.147. The molecule has 0 spiro atoms. The maximum absolute atomic E-state index is 13.0. The third kappa shape index (κ3) is 2.77. The number of hydrogen-bond donors (Lipinski definition) is 0. The average Bonchev–Trinajstić information content (AvgIpc) is 3.06. The summed E-state index contributed by atoms with van der Waals surface area (Å²) in [5.41, 5.74) is 4.97. The van der Waals surface area contributed by atoms with Crippen LogP contribution in [0.2, 0.25) is 0 Å². The predicted octanol–water partition coefficient (Wildman–Crippen LogP) is 3.78. The summed E-state index contributed by atoms with van der Waals surface area (Å²) in [6, 6.07) is 13.7. The van der Waals surface area contributed by atoms with Gasteiger partial charge in [-0.05, 0) is 49.2 Å². The van der Waals surface area contributed by atoms with Crippen LogP contribution in [0.25, 0.3) is 22.6 Å². The number of hydrogen-bond acceptors (Lipinski definition) is 3. The van der Waals surface area contributed by atoms with E-state index in [0.29, 0.717) is 5.65 Å². The number of ether oxygens (including phenoxy) is 1. The number of aryl methyl sites for hydroxylation is 2. The first-order valence-electron chi connectivity index (χ1n) is 8.38. The minimum atomic E-state index is -0.147. The first-order valence-corrected chi connectivity index (χ1v) is 8.38. The quantitative estimate of drug-likeness (QED) is 0.568. The Morgan fingerprint density at radius 1 is 1.00 bits per heavy atom. The third-order valence-electron chi connectivity index (χ3n) is 4.37. The van der Waals surface area contributed by atoms with Crippen LogP contribution in [0.1, 0.15) is 11.1 Å². The minimum Gasteiger partial charge on any atom is -0.497 e. The van der Waals surface area contributed by atoms with E-state index in [4.69, 9.17) is 4.74 Å². The summed E-state index contributed by atoms with van der Waals surface area (Å²) in [5, 5.41) is 0. The van der Waals surface area contributed by atoms with E-state index in [1.54, 1.807) is 22.3 Å². The largest absolute Gasteiger partial charge is 0.497 e. The maximum atomic E-state index is 13.0. The van der Waals surface area contributed by atoms with Gasteiger partial charge in [-0.25, -0.2) is 4.98 Å². The Morgan fingerprint density at radius 2 is 1.77 bits per heavy atom. The molecular formula is C21H19N3O2. The summed E-state index contributed by atoms with van der Waals surface area (Å²) in [6.07, 6.45) is 5.49. The van der Waals surface area contributed by atoms with Crippen LogP contribution < -0.4 is 10.3 Å². The second-order valence-corrected chi connectivity index (χ2v) is 6.41. The van der Waals surface area contributed by atoms with Gasteiger partial charge in [-0.3, -0.25) is 9.36 Å². The van der Waals surface area contributed by atoms with Crippen molar-refractivity contribution in [2.24, 2.45) is 0 Å². The second kappa shape index (κ2) is 6.19. The zero-order valence-electron chi connectivity index (χ0n) is 14.9. The van der Waals surface area contributed by atoms with Crippen molar-refractivity contribution in [3.63, 3.8) is 0 Å². The zero-order valence-corrected chi connectivity index (χ0v) is 14.9. The number of rotatable bonds is 3. The molecule has 0 aliphatic heterocycles. The standard InChI is InChI=1S/C21H19N3O2/c1-14-9-15(2)11-17(10-14)24-8-7-23-13-19(22-20(23)21(24)25)16-5-4-6-18(12-16)26-3/h4-13H,1-3H3. The van der Waals surface area contributed by atoms with Crippen LogP contribution >= 0.6 is 0 Å². The molecule has 5 nitrogen and oxygen atoms in total. The zero-order chi connectivity index (χ0) is 18.3. The van der Waals surface area contributed by atoms with Gasteiger partial charge in [0.05, 0.1) is 12.8 Å². The second-order valence-electron chi connectivity index (χ2n) is 6.41. The fourth-order valence-electron chi connectivity index (χ4n) is 3.19. The SMILES string of the molecule is COc1cccc(-c2cn3ccn(-c4cc(C)cc(C)c4)c(=O)c3n2)c1. The summed E-state index contributed by atoms with van der Waals surface area (Å²) in [4.78, 5) is 17.5. The number of nitrogens with zero attached hydrogens (tertiary/aromatic N) is 3. The molecule has 0 saturated heterocycles. The number of aromatic nitrogens is 3. The molecule has 26 heavy (non-hydrogen) atoms. The van der Waals surface area contributed by atoms with Crippen molar-refractivity contribution in [2.45, 2.75) is 13.8 Å².